The smallest absolute Gasteiger partial charge is 0.416 e. The van der Waals surface area contributed by atoms with E-state index in [1.54, 1.807) is 46.4 Å². The van der Waals surface area contributed by atoms with Crippen LogP contribution in [0.4, 0.5) is 49.1 Å². The van der Waals surface area contributed by atoms with Crippen molar-refractivity contribution in [2.24, 2.45) is 38.6 Å². The Kier molecular flexibility index (Phi) is 39.5. The van der Waals surface area contributed by atoms with Gasteiger partial charge in [0.25, 0.3) is 0 Å². The number of alkyl halides is 9. The number of benzene rings is 3. The number of nitrogens with two attached hydrogens (primary N) is 1. The molecular weight excluding hydrogens is 1620 g/mol. The van der Waals surface area contributed by atoms with Crippen LogP contribution in [0.3, 0.4) is 0 Å². The number of hydrogen-bond donors (Lipinski definition) is 6. The normalized spacial score (nSPS) is 18.1. The van der Waals surface area contributed by atoms with Crippen molar-refractivity contribution in [2.45, 2.75) is 297 Å². The minimum atomic E-state index is -4.65. The number of halogens is 10. The summed E-state index contributed by atoms with van der Waals surface area (Å²) in [5, 5.41) is 22.4. The fraction of sp³-hybridized carbons (Fsp3) is 0.697. The van der Waals surface area contributed by atoms with Gasteiger partial charge >= 0.3 is 36.7 Å². The van der Waals surface area contributed by atoms with Crippen LogP contribution in [0.1, 0.15) is 215 Å². The van der Waals surface area contributed by atoms with Crippen molar-refractivity contribution in [1.29, 1.82) is 5.53 Å². The van der Waals surface area contributed by atoms with Crippen molar-refractivity contribution in [3.63, 3.8) is 0 Å². The largest absolute Gasteiger partial charge is 0.481 e. The Morgan fingerprint density at radius 1 is 0.560 bits per heavy atom. The van der Waals surface area contributed by atoms with E-state index >= 15 is 0 Å². The van der Waals surface area contributed by atoms with E-state index in [4.69, 9.17) is 25.8 Å². The number of alkyl carbamates (subject to hydrolysis) is 2. The number of hydrogen-bond acceptors (Lipinski definition) is 16. The number of sulfonamides is 2. The third-order valence-electron chi connectivity index (χ3n) is 18.9. The summed E-state index contributed by atoms with van der Waals surface area (Å²) in [5.41, 5.74) is 8.00. The van der Waals surface area contributed by atoms with Crippen molar-refractivity contribution in [3.05, 3.63) is 89.5 Å². The number of carbonyl (C=O) groups is 5. The molecule has 3 heterocycles. The van der Waals surface area contributed by atoms with Gasteiger partial charge < -0.3 is 51.5 Å². The van der Waals surface area contributed by atoms with E-state index in [-0.39, 0.29) is 93.0 Å². The van der Waals surface area contributed by atoms with E-state index in [0.717, 1.165) is 87.7 Å². The standard InChI is InChI=1S/C27H40F3N3O5S.C22H32F3N3O2S.C15H19F3N2O2S.C12H23NO4.ClHN4.H2O/c1-18(2)15-20(31-25(35)38-26(3,4)5)17-24(34)32-13-11-22(12-14-32)33(21-9-10-21)39(36,37)23-8-6-7-19(16-23)27(28,29)30;1-15(2)12-17(26)14-21(29)27-10-8-19(9-11-27)28(18-6-7-18)31(30)20-5-3-4-16(13-20)22(23,24)25;16-15(17,18)11-2-1-3-14(10-11)23(21,22)20(12-4-5-12)13-6-8-19-9-7-13;1-8(2)6-9(7-10(14)15)13-11(16)17-12(3,4)5;1-3-5-4-2;/h6-8,16,18,20-22H,9-15,17H2,1-5H3,(H,31,35);3-5,13,15,17-19H,6-12,14,26H2,1-2H3;1-3,10,12-13,19H,4-9H2;8-9H,6-7H2,1-5H3,(H,13,16)(H,14,15);2H;1H2/t20-;17-,31?;;9-;;/m00.0../s1. The number of nitrogens with one attached hydrogen (secondary N) is 4. The molecule has 6 fully saturated rings. The number of carboxylic acid groups (broad SMARTS) is 1. The lowest BCUT2D eigenvalue weighted by Gasteiger charge is -2.38. The third kappa shape index (κ3) is 34.9. The predicted octanol–water partition coefficient (Wildman–Crippen LogP) is 14.9. The van der Waals surface area contributed by atoms with Crippen molar-refractivity contribution in [1.82, 2.24) is 38.7 Å². The highest BCUT2D eigenvalue weighted by Gasteiger charge is 2.47. The molecule has 4 atom stereocenters. The number of piperidine rings is 3. The van der Waals surface area contributed by atoms with Crippen LogP contribution >= 0.6 is 11.8 Å². The Balaban J connectivity index is 0.000000330. The van der Waals surface area contributed by atoms with E-state index in [1.807, 2.05) is 36.9 Å². The van der Waals surface area contributed by atoms with Gasteiger partial charge in [-0.2, -0.15) is 53.7 Å². The van der Waals surface area contributed by atoms with Crippen LogP contribution in [0.5, 0.6) is 0 Å². The van der Waals surface area contributed by atoms with Crippen LogP contribution in [0.25, 0.3) is 0 Å². The monoisotopic (exact) mass is 1740 g/mol. The van der Waals surface area contributed by atoms with Crippen LogP contribution in [0.2, 0.25) is 0 Å². The summed E-state index contributed by atoms with van der Waals surface area (Å²) in [6, 6.07) is 11.0. The molecule has 658 valence electrons. The first-order valence-corrected chi connectivity index (χ1v) is 43.1. The third-order valence-corrected chi connectivity index (χ3v) is 24.6. The summed E-state index contributed by atoms with van der Waals surface area (Å²) < 4.78 is 201. The Morgan fingerprint density at radius 2 is 0.905 bits per heavy atom. The van der Waals surface area contributed by atoms with E-state index in [9.17, 15) is 84.5 Å². The number of aliphatic carboxylic acids is 1. The second kappa shape index (κ2) is 45.1. The Hall–Kier alpha value is -6.72. The quantitative estimate of drug-likeness (QED) is 0.0235. The molecule has 0 aromatic heterocycles. The number of ether oxygens (including phenoxy) is 2. The summed E-state index contributed by atoms with van der Waals surface area (Å²) in [4.78, 5) is 63.2. The van der Waals surface area contributed by atoms with Gasteiger partial charge in [-0.3, -0.25) is 14.4 Å². The van der Waals surface area contributed by atoms with Gasteiger partial charge in [0.15, 0.2) is 0 Å². The second-order valence-corrected chi connectivity index (χ2v) is 38.1. The average Bonchev–Trinajstić information content (AvgIpc) is 1.74. The number of nitrogens with zero attached hydrogens (tertiary/aromatic N) is 8. The molecule has 4 amide bonds. The lowest BCUT2D eigenvalue weighted by molar-refractivity contribution is -0.138. The first kappa shape index (κ1) is 102. The van der Waals surface area contributed by atoms with Crippen LogP contribution in [-0.2, 0) is 73.4 Å². The first-order chi connectivity index (χ1) is 53.3. The zero-order valence-corrected chi connectivity index (χ0v) is 71.0. The molecule has 9 N–H and O–H groups in total. The van der Waals surface area contributed by atoms with Crippen molar-refractivity contribution in [2.75, 3.05) is 39.3 Å². The molecule has 1 unspecified atom stereocenters. The highest BCUT2D eigenvalue weighted by Crippen LogP contribution is 2.42. The molecule has 3 aromatic rings. The van der Waals surface area contributed by atoms with Gasteiger partial charge in [0, 0.05) is 93.4 Å². The number of carbonyl (C=O) groups excluding carboxylic acids is 4. The van der Waals surface area contributed by atoms with Crippen molar-refractivity contribution in [3.8, 4) is 0 Å². The summed E-state index contributed by atoms with van der Waals surface area (Å²) in [5.74, 6) is -0.0403. The molecule has 3 aliphatic carbocycles. The minimum absolute atomic E-state index is 0. The molecule has 0 spiro atoms. The molecule has 0 radical (unpaired) electrons. The maximum atomic E-state index is 13.5. The van der Waals surface area contributed by atoms with E-state index in [0.29, 0.717) is 115 Å². The highest BCUT2D eigenvalue weighted by molar-refractivity contribution is 7.89. The molecule has 3 aliphatic heterocycles. The molecule has 3 saturated carbocycles. The first-order valence-electron chi connectivity index (χ1n) is 38.7. The second-order valence-electron chi connectivity index (χ2n) is 32.9. The van der Waals surface area contributed by atoms with Crippen LogP contribution in [-0.4, -0.2) is 189 Å². The minimum Gasteiger partial charge on any atom is -0.481 e. The highest BCUT2D eigenvalue weighted by atomic mass is 35.5. The van der Waals surface area contributed by atoms with Crippen LogP contribution in [0.15, 0.2) is 103 Å². The Morgan fingerprint density at radius 3 is 1.25 bits per heavy atom. The fourth-order valence-electron chi connectivity index (χ4n) is 13.6. The molecule has 6 aliphatic rings. The van der Waals surface area contributed by atoms with Gasteiger partial charge in [-0.25, -0.2) is 34.9 Å². The zero-order chi connectivity index (χ0) is 86.4. The van der Waals surface area contributed by atoms with Gasteiger partial charge in [-0.1, -0.05) is 64.4 Å². The van der Waals surface area contributed by atoms with Gasteiger partial charge in [0.05, 0.1) is 49.6 Å². The van der Waals surface area contributed by atoms with E-state index < -0.39 is 108 Å². The molecule has 27 nitrogen and oxygen atoms in total. The lowest BCUT2D eigenvalue weighted by Crippen LogP contribution is -2.50. The topological polar surface area (TPSA) is 380 Å². The average molecular weight is 1740 g/mol. The Bertz CT molecular complexity index is 3940. The van der Waals surface area contributed by atoms with E-state index in [1.165, 1.54) is 32.9 Å². The van der Waals surface area contributed by atoms with Gasteiger partial charge in [0.1, 0.15) is 22.2 Å². The molecule has 3 aromatic carbocycles. The summed E-state index contributed by atoms with van der Waals surface area (Å²) in [6.07, 6.45) is -4.34. The Labute approximate surface area is 682 Å². The van der Waals surface area contributed by atoms with Crippen molar-refractivity contribution >= 4 is 72.8 Å². The fourth-order valence-corrected chi connectivity index (χ4v) is 19.2. The SMILES string of the molecule is CC(C)C[C@@H](CC(=O)N1CCC(N(C2CC2)S(=O)(=O)c2cccc(C(F)(F)F)c2)CC1)NC(=O)OC(C)(C)C.CC(C)C[C@@H](CC(=O)O)NC(=O)OC(C)(C)C.CC(C)C[C@H](N)CC(=O)N1CCC(N(C2CC2)S(=O)c2cccc(C(F)(F)F)c2)CC1.N=NN=NCl.O.O=S(=O)(c1cccc(C(F)(F)F)c1)N(C1CCNCC1)C1CC1. The number of carboxylic acids is 1. The van der Waals surface area contributed by atoms with Gasteiger partial charge in [-0.15, -0.1) is 0 Å². The molecule has 3 saturated heterocycles. The molecular formula is C76H117ClF9N13O14S3. The molecule has 0 bridgehead atoms. The maximum absolute atomic E-state index is 13.5. The molecule has 9 rings (SSSR count). The van der Waals surface area contributed by atoms with Crippen LogP contribution < -0.4 is 21.7 Å². The molecule has 116 heavy (non-hydrogen) atoms. The summed E-state index contributed by atoms with van der Waals surface area (Å²) in [7, 11) is -9.72. The predicted molar refractivity (Wildman–Crippen MR) is 418 cm³/mol. The van der Waals surface area contributed by atoms with Gasteiger partial charge in [-0.05, 0) is 234 Å². The van der Waals surface area contributed by atoms with Gasteiger partial charge in [0.2, 0.25) is 31.9 Å². The summed E-state index contributed by atoms with van der Waals surface area (Å²) in [6.45, 7) is 25.9. The number of amides is 4. The number of likely N-dealkylation sites (tertiary alicyclic amines) is 2. The maximum Gasteiger partial charge on any atom is 0.416 e. The van der Waals surface area contributed by atoms with E-state index in [2.05, 4.69) is 56.7 Å². The van der Waals surface area contributed by atoms with Crippen LogP contribution in [0, 0.1) is 23.3 Å². The zero-order valence-electron chi connectivity index (χ0n) is 67.8. The van der Waals surface area contributed by atoms with Crippen molar-refractivity contribution < 1.29 is 105 Å². The molecule has 40 heteroatoms. The number of rotatable bonds is 27. The lowest BCUT2D eigenvalue weighted by atomic mass is 9.99. The summed E-state index contributed by atoms with van der Waals surface area (Å²) >= 11 is 4.55.